The van der Waals surface area contributed by atoms with Crippen LogP contribution in [-0.2, 0) is 9.53 Å². The van der Waals surface area contributed by atoms with Crippen molar-refractivity contribution < 1.29 is 14.3 Å². The molecular formula is C20H18N2O3. The van der Waals surface area contributed by atoms with E-state index in [2.05, 4.69) is 10.3 Å². The number of nitrogens with zero attached hydrogens (tertiary/aromatic N) is 1. The highest BCUT2D eigenvalue weighted by molar-refractivity contribution is 6.04. The van der Waals surface area contributed by atoms with Crippen molar-refractivity contribution in [3.63, 3.8) is 0 Å². The number of nitrogens with one attached hydrogen (secondary N) is 1. The SMILES string of the molecule is CCC(OC(=O)c1ccncc1)C(=O)Nc1cccc2ccccc12. The molecule has 1 amide bonds. The summed E-state index contributed by atoms with van der Waals surface area (Å²) in [7, 11) is 0. The van der Waals surface area contributed by atoms with Crippen molar-refractivity contribution in [1.29, 1.82) is 0 Å². The Morgan fingerprint density at radius 2 is 1.76 bits per heavy atom. The molecule has 0 radical (unpaired) electrons. The van der Waals surface area contributed by atoms with Gasteiger partial charge in [-0.2, -0.15) is 0 Å². The number of carbonyl (C=O) groups excluding carboxylic acids is 2. The molecule has 0 aliphatic rings. The Bertz CT molecular complexity index is 888. The minimum absolute atomic E-state index is 0.346. The predicted molar refractivity (Wildman–Crippen MR) is 96.3 cm³/mol. The molecule has 1 heterocycles. The van der Waals surface area contributed by atoms with Crippen LogP contribution in [0.25, 0.3) is 10.8 Å². The average molecular weight is 334 g/mol. The molecule has 1 aromatic heterocycles. The van der Waals surface area contributed by atoms with Crippen LogP contribution in [0.4, 0.5) is 5.69 Å². The number of fused-ring (bicyclic) bond motifs is 1. The molecule has 3 aromatic rings. The fourth-order valence-electron chi connectivity index (χ4n) is 2.56. The van der Waals surface area contributed by atoms with Crippen molar-refractivity contribution >= 4 is 28.3 Å². The molecule has 2 aromatic carbocycles. The van der Waals surface area contributed by atoms with Gasteiger partial charge in [0.25, 0.3) is 5.91 Å². The number of pyridine rings is 1. The Hall–Kier alpha value is -3.21. The van der Waals surface area contributed by atoms with Crippen molar-refractivity contribution in [1.82, 2.24) is 4.98 Å². The van der Waals surface area contributed by atoms with E-state index in [0.717, 1.165) is 10.8 Å². The number of carbonyl (C=O) groups is 2. The van der Waals surface area contributed by atoms with Gasteiger partial charge in [0, 0.05) is 23.5 Å². The van der Waals surface area contributed by atoms with E-state index in [4.69, 9.17) is 4.74 Å². The number of rotatable bonds is 5. The highest BCUT2D eigenvalue weighted by Gasteiger charge is 2.22. The number of hydrogen-bond acceptors (Lipinski definition) is 4. The Morgan fingerprint density at radius 3 is 2.52 bits per heavy atom. The zero-order valence-corrected chi connectivity index (χ0v) is 13.8. The van der Waals surface area contributed by atoms with Crippen LogP contribution >= 0.6 is 0 Å². The van der Waals surface area contributed by atoms with Crippen LogP contribution in [-0.4, -0.2) is 23.0 Å². The lowest BCUT2D eigenvalue weighted by molar-refractivity contribution is -0.124. The Labute approximate surface area is 145 Å². The Morgan fingerprint density at radius 1 is 1.04 bits per heavy atom. The second kappa shape index (κ2) is 7.57. The molecule has 5 heteroatoms. The fraction of sp³-hybridized carbons (Fsp3) is 0.150. The number of benzene rings is 2. The van der Waals surface area contributed by atoms with Gasteiger partial charge in [0.05, 0.1) is 5.56 Å². The lowest BCUT2D eigenvalue weighted by Gasteiger charge is -2.17. The third-order valence-corrected chi connectivity index (χ3v) is 3.88. The molecule has 0 saturated carbocycles. The van der Waals surface area contributed by atoms with Crippen molar-refractivity contribution in [2.24, 2.45) is 0 Å². The number of amides is 1. The molecule has 126 valence electrons. The maximum atomic E-state index is 12.6. The van der Waals surface area contributed by atoms with Gasteiger partial charge < -0.3 is 10.1 Å². The quantitative estimate of drug-likeness (QED) is 0.721. The van der Waals surface area contributed by atoms with Crippen molar-refractivity contribution in [2.75, 3.05) is 5.32 Å². The summed E-state index contributed by atoms with van der Waals surface area (Å²) in [6, 6.07) is 16.6. The van der Waals surface area contributed by atoms with Gasteiger partial charge in [-0.1, -0.05) is 43.3 Å². The number of anilines is 1. The number of hydrogen-bond donors (Lipinski definition) is 1. The van der Waals surface area contributed by atoms with Crippen LogP contribution in [0.5, 0.6) is 0 Å². The van der Waals surface area contributed by atoms with Crippen molar-refractivity contribution in [2.45, 2.75) is 19.4 Å². The lowest BCUT2D eigenvalue weighted by atomic mass is 10.1. The van der Waals surface area contributed by atoms with E-state index in [1.54, 1.807) is 19.1 Å². The van der Waals surface area contributed by atoms with Gasteiger partial charge >= 0.3 is 5.97 Å². The summed E-state index contributed by atoms with van der Waals surface area (Å²) < 4.78 is 5.35. The molecule has 1 N–H and O–H groups in total. The molecule has 1 unspecified atom stereocenters. The van der Waals surface area contributed by atoms with Crippen molar-refractivity contribution in [3.05, 3.63) is 72.6 Å². The van der Waals surface area contributed by atoms with E-state index in [-0.39, 0.29) is 5.91 Å². The summed E-state index contributed by atoms with van der Waals surface area (Å²) >= 11 is 0. The molecular weight excluding hydrogens is 316 g/mol. The average Bonchev–Trinajstić information content (AvgIpc) is 2.66. The van der Waals surface area contributed by atoms with Crippen LogP contribution in [0.1, 0.15) is 23.7 Å². The normalized spacial score (nSPS) is 11.7. The van der Waals surface area contributed by atoms with Crippen LogP contribution in [0.15, 0.2) is 67.0 Å². The molecule has 1 atom stereocenters. The molecule has 0 aliphatic heterocycles. The summed E-state index contributed by atoms with van der Waals surface area (Å²) in [5.74, 6) is -0.886. The van der Waals surface area contributed by atoms with Gasteiger partial charge in [-0.15, -0.1) is 0 Å². The Balaban J connectivity index is 1.75. The van der Waals surface area contributed by atoms with Gasteiger partial charge in [-0.25, -0.2) is 4.79 Å². The molecule has 3 rings (SSSR count). The van der Waals surface area contributed by atoms with Crippen LogP contribution < -0.4 is 5.32 Å². The van der Waals surface area contributed by atoms with Gasteiger partial charge in [0.2, 0.25) is 0 Å². The van der Waals surface area contributed by atoms with Crippen LogP contribution in [0, 0.1) is 0 Å². The van der Waals surface area contributed by atoms with E-state index in [1.165, 1.54) is 12.4 Å². The van der Waals surface area contributed by atoms with Gasteiger partial charge in [-0.3, -0.25) is 9.78 Å². The van der Waals surface area contributed by atoms with E-state index in [0.29, 0.717) is 17.7 Å². The highest BCUT2D eigenvalue weighted by Crippen LogP contribution is 2.23. The fourth-order valence-corrected chi connectivity index (χ4v) is 2.56. The monoisotopic (exact) mass is 334 g/mol. The molecule has 0 spiro atoms. The summed E-state index contributed by atoms with van der Waals surface area (Å²) in [5, 5.41) is 4.83. The Kier molecular flexibility index (Phi) is 5.04. The summed E-state index contributed by atoms with van der Waals surface area (Å²) in [6.45, 7) is 1.80. The summed E-state index contributed by atoms with van der Waals surface area (Å²) in [5.41, 5.74) is 1.06. The van der Waals surface area contributed by atoms with E-state index < -0.39 is 12.1 Å². The maximum absolute atomic E-state index is 12.6. The lowest BCUT2D eigenvalue weighted by Crippen LogP contribution is -2.32. The first kappa shape index (κ1) is 16.6. The smallest absolute Gasteiger partial charge is 0.339 e. The highest BCUT2D eigenvalue weighted by atomic mass is 16.5. The van der Waals surface area contributed by atoms with Gasteiger partial charge in [-0.05, 0) is 30.0 Å². The summed E-state index contributed by atoms with van der Waals surface area (Å²) in [4.78, 5) is 28.6. The largest absolute Gasteiger partial charge is 0.449 e. The van der Waals surface area contributed by atoms with E-state index >= 15 is 0 Å². The minimum atomic E-state index is -0.861. The minimum Gasteiger partial charge on any atom is -0.449 e. The molecule has 5 nitrogen and oxygen atoms in total. The first-order valence-corrected chi connectivity index (χ1v) is 8.08. The number of aromatic nitrogens is 1. The topological polar surface area (TPSA) is 68.3 Å². The third kappa shape index (κ3) is 3.83. The van der Waals surface area contributed by atoms with Crippen LogP contribution in [0.3, 0.4) is 0 Å². The third-order valence-electron chi connectivity index (χ3n) is 3.88. The van der Waals surface area contributed by atoms with Gasteiger partial charge in [0.15, 0.2) is 6.10 Å². The first-order valence-electron chi connectivity index (χ1n) is 8.08. The number of esters is 1. The summed E-state index contributed by atoms with van der Waals surface area (Å²) in [6.07, 6.45) is 2.54. The van der Waals surface area contributed by atoms with E-state index in [1.807, 2.05) is 42.5 Å². The van der Waals surface area contributed by atoms with E-state index in [9.17, 15) is 9.59 Å². The second-order valence-corrected chi connectivity index (χ2v) is 5.55. The first-order chi connectivity index (χ1) is 12.2. The molecule has 25 heavy (non-hydrogen) atoms. The standard InChI is InChI=1S/C20H18N2O3/c1-2-18(25-20(24)15-10-12-21-13-11-15)19(23)22-17-9-5-7-14-6-3-4-8-16(14)17/h3-13,18H,2H2,1H3,(H,22,23). The molecule has 0 saturated heterocycles. The second-order valence-electron chi connectivity index (χ2n) is 5.55. The zero-order valence-electron chi connectivity index (χ0n) is 13.8. The maximum Gasteiger partial charge on any atom is 0.339 e. The van der Waals surface area contributed by atoms with Gasteiger partial charge in [0.1, 0.15) is 0 Å². The van der Waals surface area contributed by atoms with Crippen LogP contribution in [0.2, 0.25) is 0 Å². The zero-order chi connectivity index (χ0) is 17.6. The number of ether oxygens (including phenoxy) is 1. The molecule has 0 aliphatic carbocycles. The molecule has 0 fully saturated rings. The van der Waals surface area contributed by atoms with Crippen molar-refractivity contribution in [3.8, 4) is 0 Å². The molecule has 0 bridgehead atoms. The predicted octanol–water partition coefficient (Wildman–Crippen LogP) is 3.81.